The van der Waals surface area contributed by atoms with E-state index in [1.54, 1.807) is 24.3 Å². The third-order valence-corrected chi connectivity index (χ3v) is 5.60. The molecule has 1 unspecified atom stereocenters. The Kier molecular flexibility index (Phi) is 5.48. The summed E-state index contributed by atoms with van der Waals surface area (Å²) < 4.78 is 0. The molecule has 158 valence electrons. The first kappa shape index (κ1) is 20.6. The third kappa shape index (κ3) is 3.66. The zero-order valence-electron chi connectivity index (χ0n) is 17.4. The van der Waals surface area contributed by atoms with Crippen molar-refractivity contribution in [2.45, 2.75) is 6.04 Å². The van der Waals surface area contributed by atoms with Gasteiger partial charge in [-0.25, -0.2) is 0 Å². The van der Waals surface area contributed by atoms with Gasteiger partial charge in [-0.2, -0.15) is 0 Å². The molecule has 0 aliphatic carbocycles. The quantitative estimate of drug-likeness (QED) is 0.378. The molecule has 2 N–H and O–H groups in total. The fraction of sp³-hybridized carbons (Fsp3) is 0.200. The van der Waals surface area contributed by atoms with Crippen molar-refractivity contribution in [1.82, 2.24) is 9.80 Å². The average molecular weight is 416 g/mol. The Labute approximate surface area is 180 Å². The molecule has 1 fully saturated rings. The molecule has 3 aromatic rings. The number of phenols is 1. The highest BCUT2D eigenvalue weighted by Crippen LogP contribution is 2.41. The lowest BCUT2D eigenvalue weighted by Gasteiger charge is -2.26. The maximum Gasteiger partial charge on any atom is 0.295 e. The van der Waals surface area contributed by atoms with E-state index in [4.69, 9.17) is 0 Å². The number of benzene rings is 3. The van der Waals surface area contributed by atoms with Gasteiger partial charge in [0.15, 0.2) is 0 Å². The van der Waals surface area contributed by atoms with Crippen LogP contribution >= 0.6 is 0 Å². The van der Waals surface area contributed by atoms with E-state index in [1.165, 1.54) is 4.90 Å². The standard InChI is InChI=1S/C25H24N2O4/c1-26(2)14-15-27-21(17-9-4-3-5-10-17)20(24(30)25(27)31)23(29)19-13-12-16-8-6-7-11-18(16)22(19)28/h3-13,21,28-29H,14-15H2,1-2H3. The zero-order valence-corrected chi connectivity index (χ0v) is 17.4. The number of fused-ring (bicyclic) bond motifs is 1. The van der Waals surface area contributed by atoms with Crippen LogP contribution in [0.15, 0.2) is 72.3 Å². The molecule has 1 amide bonds. The summed E-state index contributed by atoms with van der Waals surface area (Å²) in [4.78, 5) is 29.3. The summed E-state index contributed by atoms with van der Waals surface area (Å²) >= 11 is 0. The van der Waals surface area contributed by atoms with Crippen LogP contribution < -0.4 is 0 Å². The highest BCUT2D eigenvalue weighted by molar-refractivity contribution is 6.46. The molecular weight excluding hydrogens is 392 g/mol. The number of aliphatic hydroxyl groups excluding tert-OH is 1. The average Bonchev–Trinajstić information content (AvgIpc) is 3.03. The van der Waals surface area contributed by atoms with Gasteiger partial charge in [0.25, 0.3) is 11.7 Å². The van der Waals surface area contributed by atoms with E-state index >= 15 is 0 Å². The molecule has 0 saturated carbocycles. The molecule has 31 heavy (non-hydrogen) atoms. The van der Waals surface area contributed by atoms with Gasteiger partial charge in [0.1, 0.15) is 11.5 Å². The van der Waals surface area contributed by atoms with E-state index < -0.39 is 17.7 Å². The van der Waals surface area contributed by atoms with Crippen LogP contribution in [0.3, 0.4) is 0 Å². The van der Waals surface area contributed by atoms with Crippen LogP contribution in [0.4, 0.5) is 0 Å². The molecule has 6 nitrogen and oxygen atoms in total. The molecule has 3 aromatic carbocycles. The maximum absolute atomic E-state index is 13.0. The molecule has 0 spiro atoms. The lowest BCUT2D eigenvalue weighted by molar-refractivity contribution is -0.140. The van der Waals surface area contributed by atoms with Crippen LogP contribution in [0.1, 0.15) is 17.2 Å². The second kappa shape index (κ2) is 8.24. The van der Waals surface area contributed by atoms with Gasteiger partial charge in [0.2, 0.25) is 0 Å². The van der Waals surface area contributed by atoms with Gasteiger partial charge in [-0.15, -0.1) is 0 Å². The van der Waals surface area contributed by atoms with Crippen molar-refractivity contribution in [3.05, 3.63) is 83.4 Å². The maximum atomic E-state index is 13.0. The van der Waals surface area contributed by atoms with Crippen LogP contribution in [0.25, 0.3) is 16.5 Å². The Balaban J connectivity index is 1.90. The topological polar surface area (TPSA) is 81.1 Å². The van der Waals surface area contributed by atoms with Crippen LogP contribution in [0.5, 0.6) is 5.75 Å². The van der Waals surface area contributed by atoms with Crippen LogP contribution in [0, 0.1) is 0 Å². The fourth-order valence-electron chi connectivity index (χ4n) is 3.99. The fourth-order valence-corrected chi connectivity index (χ4v) is 3.99. The number of likely N-dealkylation sites (tertiary alicyclic amines) is 1. The van der Waals surface area contributed by atoms with E-state index in [-0.39, 0.29) is 22.6 Å². The van der Waals surface area contributed by atoms with Crippen molar-refractivity contribution in [2.75, 3.05) is 27.2 Å². The Morgan fingerprint density at radius 3 is 2.35 bits per heavy atom. The molecule has 0 aromatic heterocycles. The van der Waals surface area contributed by atoms with Crippen molar-refractivity contribution in [2.24, 2.45) is 0 Å². The summed E-state index contributed by atoms with van der Waals surface area (Å²) in [6, 6.07) is 19.0. The van der Waals surface area contributed by atoms with Gasteiger partial charge in [0.05, 0.1) is 17.2 Å². The van der Waals surface area contributed by atoms with Crippen molar-refractivity contribution >= 4 is 28.2 Å². The summed E-state index contributed by atoms with van der Waals surface area (Å²) in [6.45, 7) is 0.898. The molecule has 1 atom stereocenters. The second-order valence-electron chi connectivity index (χ2n) is 7.89. The van der Waals surface area contributed by atoms with E-state index in [9.17, 15) is 19.8 Å². The number of aliphatic hydroxyl groups is 1. The summed E-state index contributed by atoms with van der Waals surface area (Å²) in [6.07, 6.45) is 0. The van der Waals surface area contributed by atoms with Crippen LogP contribution in [-0.2, 0) is 9.59 Å². The number of carbonyl (C=O) groups excluding carboxylic acids is 2. The predicted molar refractivity (Wildman–Crippen MR) is 120 cm³/mol. The predicted octanol–water partition coefficient (Wildman–Crippen LogP) is 3.53. The number of likely N-dealkylation sites (N-methyl/N-ethyl adjacent to an activating group) is 1. The summed E-state index contributed by atoms with van der Waals surface area (Å²) in [7, 11) is 3.78. The number of Topliss-reactive ketones (excluding diaryl/α,β-unsaturated/α-hetero) is 1. The largest absolute Gasteiger partial charge is 0.507 e. The molecular formula is C25H24N2O4. The first-order valence-electron chi connectivity index (χ1n) is 10.1. The molecule has 1 aliphatic heterocycles. The van der Waals surface area contributed by atoms with Gasteiger partial charge in [-0.1, -0.05) is 60.7 Å². The van der Waals surface area contributed by atoms with Crippen molar-refractivity contribution in [3.63, 3.8) is 0 Å². The smallest absolute Gasteiger partial charge is 0.295 e. The molecule has 1 saturated heterocycles. The Bertz CT molecular complexity index is 1180. The molecule has 4 rings (SSSR count). The van der Waals surface area contributed by atoms with Crippen LogP contribution in [-0.4, -0.2) is 58.9 Å². The van der Waals surface area contributed by atoms with E-state index in [0.29, 0.717) is 18.5 Å². The minimum Gasteiger partial charge on any atom is -0.507 e. The highest BCUT2D eigenvalue weighted by atomic mass is 16.3. The number of hydrogen-bond acceptors (Lipinski definition) is 5. The molecule has 0 bridgehead atoms. The zero-order chi connectivity index (χ0) is 22.1. The van der Waals surface area contributed by atoms with Crippen LogP contribution in [0.2, 0.25) is 0 Å². The minimum atomic E-state index is -0.752. The monoisotopic (exact) mass is 416 g/mol. The normalized spacial score (nSPS) is 18.3. The third-order valence-electron chi connectivity index (χ3n) is 5.60. The van der Waals surface area contributed by atoms with Gasteiger partial charge in [0, 0.05) is 18.5 Å². The lowest BCUT2D eigenvalue weighted by Crippen LogP contribution is -2.35. The number of nitrogens with zero attached hydrogens (tertiary/aromatic N) is 2. The number of hydrogen-bond donors (Lipinski definition) is 2. The number of rotatable bonds is 5. The number of amides is 1. The first-order chi connectivity index (χ1) is 14.9. The number of carbonyl (C=O) groups is 2. The Morgan fingerprint density at radius 2 is 1.65 bits per heavy atom. The summed E-state index contributed by atoms with van der Waals surface area (Å²) in [5.74, 6) is -1.90. The highest BCUT2D eigenvalue weighted by Gasteiger charge is 2.46. The van der Waals surface area contributed by atoms with Gasteiger partial charge >= 0.3 is 0 Å². The SMILES string of the molecule is CN(C)CCN1C(=O)C(=O)C(=C(O)c2ccc3ccccc3c2O)C1c1ccccc1. The molecule has 1 aliphatic rings. The number of ketones is 1. The second-order valence-corrected chi connectivity index (χ2v) is 7.89. The molecule has 1 heterocycles. The Hall–Kier alpha value is -3.64. The summed E-state index contributed by atoms with van der Waals surface area (Å²) in [5, 5.41) is 23.4. The molecule has 0 radical (unpaired) electrons. The minimum absolute atomic E-state index is 0.0134. The van der Waals surface area contributed by atoms with Gasteiger partial charge in [-0.05, 0) is 31.1 Å². The number of phenolic OH excluding ortho intramolecular Hbond substituents is 1. The van der Waals surface area contributed by atoms with Gasteiger partial charge in [-0.3, -0.25) is 9.59 Å². The van der Waals surface area contributed by atoms with Crippen molar-refractivity contribution < 1.29 is 19.8 Å². The number of aromatic hydroxyl groups is 1. The first-order valence-corrected chi connectivity index (χ1v) is 10.1. The molecule has 6 heteroatoms. The van der Waals surface area contributed by atoms with E-state index in [0.717, 1.165) is 10.9 Å². The van der Waals surface area contributed by atoms with E-state index in [1.807, 2.05) is 61.5 Å². The van der Waals surface area contributed by atoms with Crippen molar-refractivity contribution in [1.29, 1.82) is 0 Å². The van der Waals surface area contributed by atoms with Gasteiger partial charge < -0.3 is 20.0 Å². The van der Waals surface area contributed by atoms with Crippen molar-refractivity contribution in [3.8, 4) is 5.75 Å². The van der Waals surface area contributed by atoms with E-state index in [2.05, 4.69) is 0 Å². The lowest BCUT2D eigenvalue weighted by atomic mass is 9.94. The summed E-state index contributed by atoms with van der Waals surface area (Å²) in [5.41, 5.74) is 0.841. The Morgan fingerprint density at radius 1 is 0.968 bits per heavy atom.